The van der Waals surface area contributed by atoms with Crippen molar-refractivity contribution in [3.63, 3.8) is 0 Å². The Balaban J connectivity index is 1.41. The van der Waals surface area contributed by atoms with Crippen molar-refractivity contribution < 1.29 is 19.1 Å². The minimum Gasteiger partial charge on any atom is -0.455 e. The number of carbonyl (C=O) groups excluding carboxylic acids is 3. The lowest BCUT2D eigenvalue weighted by Crippen LogP contribution is -2.37. The van der Waals surface area contributed by atoms with E-state index in [9.17, 15) is 14.4 Å². The number of ether oxygens (including phenoxy) is 1. The number of ketones is 1. The van der Waals surface area contributed by atoms with E-state index < -0.39 is 24.4 Å². The van der Waals surface area contributed by atoms with Crippen LogP contribution in [0.1, 0.15) is 35.2 Å². The van der Waals surface area contributed by atoms with Crippen molar-refractivity contribution in [1.82, 2.24) is 0 Å². The van der Waals surface area contributed by atoms with Crippen LogP contribution < -0.4 is 5.32 Å². The summed E-state index contributed by atoms with van der Waals surface area (Å²) in [5.74, 6) is -1.40. The highest BCUT2D eigenvalue weighted by molar-refractivity contribution is 9.10. The molecule has 2 aliphatic rings. The lowest BCUT2D eigenvalue weighted by atomic mass is 9.75. The van der Waals surface area contributed by atoms with Crippen LogP contribution >= 0.6 is 27.5 Å². The van der Waals surface area contributed by atoms with Crippen LogP contribution in [0.5, 0.6) is 0 Å². The SMILES string of the molecule is Cc1c(NC(=O)COC(=O)[C@@H]2[C@H]3CC[C@@H](C3)[C@H]2C(=O)c2ccccc2)ccc(Br)c1Cl. The first-order valence-electron chi connectivity index (χ1n) is 10.4. The normalized spacial score (nSPS) is 24.1. The van der Waals surface area contributed by atoms with Crippen LogP contribution in [0.4, 0.5) is 5.69 Å². The quantitative estimate of drug-likeness (QED) is 0.420. The average Bonchev–Trinajstić information content (AvgIpc) is 3.40. The molecule has 2 aromatic rings. The largest absolute Gasteiger partial charge is 0.455 e. The van der Waals surface area contributed by atoms with Gasteiger partial charge in [-0.15, -0.1) is 0 Å². The van der Waals surface area contributed by atoms with Gasteiger partial charge in [0.15, 0.2) is 12.4 Å². The molecule has 2 aliphatic carbocycles. The van der Waals surface area contributed by atoms with Gasteiger partial charge in [0.05, 0.1) is 10.9 Å². The van der Waals surface area contributed by atoms with E-state index in [1.54, 1.807) is 31.2 Å². The highest BCUT2D eigenvalue weighted by Gasteiger charge is 2.54. The van der Waals surface area contributed by atoms with Crippen molar-refractivity contribution in [2.24, 2.45) is 23.7 Å². The number of fused-ring (bicyclic) bond motifs is 2. The predicted octanol–water partition coefficient (Wildman–Crippen LogP) is 5.44. The van der Waals surface area contributed by atoms with E-state index in [0.29, 0.717) is 16.3 Å². The van der Waals surface area contributed by atoms with E-state index in [1.807, 2.05) is 18.2 Å². The zero-order chi connectivity index (χ0) is 22.1. The van der Waals surface area contributed by atoms with E-state index in [1.165, 1.54) is 0 Å². The van der Waals surface area contributed by atoms with Crippen molar-refractivity contribution in [2.45, 2.75) is 26.2 Å². The summed E-state index contributed by atoms with van der Waals surface area (Å²) in [4.78, 5) is 38.4. The number of hydrogen-bond donors (Lipinski definition) is 1. The lowest BCUT2D eigenvalue weighted by Gasteiger charge is -2.28. The molecule has 0 saturated heterocycles. The smallest absolute Gasteiger partial charge is 0.310 e. The van der Waals surface area contributed by atoms with Gasteiger partial charge in [-0.3, -0.25) is 14.4 Å². The number of anilines is 1. The second-order valence-corrected chi connectivity index (χ2v) is 9.54. The van der Waals surface area contributed by atoms with Crippen molar-refractivity contribution in [3.8, 4) is 0 Å². The first-order chi connectivity index (χ1) is 14.9. The maximum absolute atomic E-state index is 13.1. The fourth-order valence-electron chi connectivity index (χ4n) is 5.01. The van der Waals surface area contributed by atoms with Gasteiger partial charge in [-0.25, -0.2) is 0 Å². The first-order valence-corrected chi connectivity index (χ1v) is 11.5. The summed E-state index contributed by atoms with van der Waals surface area (Å²) in [5, 5.41) is 3.24. The molecule has 162 valence electrons. The molecule has 5 nitrogen and oxygen atoms in total. The van der Waals surface area contributed by atoms with E-state index >= 15 is 0 Å². The van der Waals surface area contributed by atoms with E-state index in [-0.39, 0.29) is 23.5 Å². The zero-order valence-electron chi connectivity index (χ0n) is 17.1. The predicted molar refractivity (Wildman–Crippen MR) is 122 cm³/mol. The number of benzene rings is 2. The van der Waals surface area contributed by atoms with Crippen LogP contribution in [0.25, 0.3) is 0 Å². The minimum atomic E-state index is -0.483. The summed E-state index contributed by atoms with van der Waals surface area (Å²) >= 11 is 9.54. The molecule has 2 aromatic carbocycles. The highest BCUT2D eigenvalue weighted by atomic mass is 79.9. The molecule has 0 aliphatic heterocycles. The standard InChI is InChI=1S/C24H23BrClNO4/c1-13-18(10-9-17(25)22(13)26)27-19(28)12-31-24(30)21-16-8-7-15(11-16)20(21)23(29)14-5-3-2-4-6-14/h2-6,9-10,15-16,20-21H,7-8,11-12H2,1H3,(H,27,28)/t15-,16-,20+,21+/m0/s1. The highest BCUT2D eigenvalue weighted by Crippen LogP contribution is 2.53. The van der Waals surface area contributed by atoms with Gasteiger partial charge >= 0.3 is 5.97 Å². The molecule has 4 atom stereocenters. The third-order valence-corrected chi connectivity index (χ3v) is 7.88. The molecular formula is C24H23BrClNO4. The molecule has 2 bridgehead atoms. The van der Waals surface area contributed by atoms with E-state index in [4.69, 9.17) is 16.3 Å². The van der Waals surface area contributed by atoms with Gasteiger partial charge in [-0.05, 0) is 71.6 Å². The fraction of sp³-hybridized carbons (Fsp3) is 0.375. The lowest BCUT2D eigenvalue weighted by molar-refractivity contribution is -0.154. The summed E-state index contributed by atoms with van der Waals surface area (Å²) in [6.07, 6.45) is 2.75. The van der Waals surface area contributed by atoms with Crippen LogP contribution in [0.2, 0.25) is 5.02 Å². The Bertz CT molecular complexity index is 1030. The Morgan fingerprint density at radius 1 is 1.06 bits per heavy atom. The number of halogens is 2. The Labute approximate surface area is 194 Å². The molecule has 4 rings (SSSR count). The van der Waals surface area contributed by atoms with Crippen molar-refractivity contribution in [3.05, 3.63) is 63.1 Å². The monoisotopic (exact) mass is 503 g/mol. The summed E-state index contributed by atoms with van der Waals surface area (Å²) < 4.78 is 6.11. The van der Waals surface area contributed by atoms with Crippen LogP contribution in [0.3, 0.4) is 0 Å². The van der Waals surface area contributed by atoms with Crippen LogP contribution in [-0.4, -0.2) is 24.3 Å². The molecule has 2 fully saturated rings. The first kappa shape index (κ1) is 22.0. The molecular weight excluding hydrogens is 482 g/mol. The number of amides is 1. The summed E-state index contributed by atoms with van der Waals surface area (Å²) in [6.45, 7) is 1.40. The summed E-state index contributed by atoms with van der Waals surface area (Å²) in [7, 11) is 0. The maximum atomic E-state index is 13.1. The van der Waals surface area contributed by atoms with Crippen molar-refractivity contribution in [1.29, 1.82) is 0 Å². The van der Waals surface area contributed by atoms with Gasteiger partial charge in [-0.1, -0.05) is 41.9 Å². The van der Waals surface area contributed by atoms with E-state index in [2.05, 4.69) is 21.2 Å². The number of rotatable bonds is 6. The Morgan fingerprint density at radius 2 is 1.74 bits per heavy atom. The molecule has 1 N–H and O–H groups in total. The van der Waals surface area contributed by atoms with Gasteiger partial charge in [-0.2, -0.15) is 0 Å². The molecule has 2 saturated carbocycles. The van der Waals surface area contributed by atoms with Crippen molar-refractivity contribution >= 4 is 50.9 Å². The molecule has 0 radical (unpaired) electrons. The summed E-state index contributed by atoms with van der Waals surface area (Å²) in [5.41, 5.74) is 1.90. The second-order valence-electron chi connectivity index (χ2n) is 8.30. The number of carbonyl (C=O) groups is 3. The molecule has 31 heavy (non-hydrogen) atoms. The minimum absolute atomic E-state index is 0.000620. The van der Waals surface area contributed by atoms with Crippen LogP contribution in [-0.2, 0) is 14.3 Å². The van der Waals surface area contributed by atoms with Crippen LogP contribution in [0.15, 0.2) is 46.9 Å². The van der Waals surface area contributed by atoms with Gasteiger partial charge < -0.3 is 10.1 Å². The van der Waals surface area contributed by atoms with Gasteiger partial charge in [0, 0.05) is 21.6 Å². The fourth-order valence-corrected chi connectivity index (χ4v) is 5.60. The molecule has 0 unspecified atom stereocenters. The second kappa shape index (κ2) is 9.13. The van der Waals surface area contributed by atoms with Gasteiger partial charge in [0.1, 0.15) is 0 Å². The number of nitrogens with one attached hydrogen (secondary N) is 1. The number of hydrogen-bond acceptors (Lipinski definition) is 4. The number of esters is 1. The molecule has 7 heteroatoms. The topological polar surface area (TPSA) is 72.5 Å². The third-order valence-electron chi connectivity index (χ3n) is 6.51. The molecule has 0 aromatic heterocycles. The average molecular weight is 505 g/mol. The molecule has 0 heterocycles. The van der Waals surface area contributed by atoms with Crippen molar-refractivity contribution in [2.75, 3.05) is 11.9 Å². The maximum Gasteiger partial charge on any atom is 0.310 e. The zero-order valence-corrected chi connectivity index (χ0v) is 19.4. The summed E-state index contributed by atoms with van der Waals surface area (Å²) in [6, 6.07) is 12.6. The van der Waals surface area contributed by atoms with E-state index in [0.717, 1.165) is 29.3 Å². The third kappa shape index (κ3) is 4.41. The Hall–Kier alpha value is -2.18. The number of Topliss-reactive ketones (excluding diaryl/α,β-unsaturated/α-hetero) is 1. The Kier molecular flexibility index (Phi) is 6.49. The van der Waals surface area contributed by atoms with Gasteiger partial charge in [0.2, 0.25) is 0 Å². The Morgan fingerprint density at radius 3 is 2.45 bits per heavy atom. The molecule has 1 amide bonds. The molecule has 0 spiro atoms. The van der Waals surface area contributed by atoms with Crippen LogP contribution in [0, 0.1) is 30.6 Å². The van der Waals surface area contributed by atoms with Gasteiger partial charge in [0.25, 0.3) is 5.91 Å².